The molecule has 0 amide bonds. The number of aromatic hydroxyl groups is 1. The molecule has 232 valence electrons. The maximum atomic E-state index is 16.1. The molecular weight excluding hydrogens is 581 g/mol. The number of fused-ring (bicyclic) bond motifs is 4. The second kappa shape index (κ2) is 10.7. The number of phenols is 1. The number of nitrogens with one attached hydrogen (secondary N) is 1. The zero-order chi connectivity index (χ0) is 30.9. The monoisotopic (exact) mass is 614 g/mol. The fourth-order valence-corrected chi connectivity index (χ4v) is 7.37. The van der Waals surface area contributed by atoms with Crippen molar-refractivity contribution >= 4 is 27.6 Å². The number of ether oxygens (including phenoxy) is 1. The van der Waals surface area contributed by atoms with Crippen molar-refractivity contribution in [1.29, 1.82) is 0 Å². The molecule has 4 fully saturated rings. The van der Waals surface area contributed by atoms with Crippen molar-refractivity contribution < 1.29 is 23.0 Å². The third kappa shape index (κ3) is 5.20. The summed E-state index contributed by atoms with van der Waals surface area (Å²) >= 11 is 0. The Kier molecular flexibility index (Phi) is 6.76. The van der Waals surface area contributed by atoms with Gasteiger partial charge in [-0.25, -0.2) is 13.8 Å². The van der Waals surface area contributed by atoms with Crippen molar-refractivity contribution in [2.75, 3.05) is 44.2 Å². The lowest BCUT2D eigenvalue weighted by molar-refractivity contribution is 0.165. The van der Waals surface area contributed by atoms with Crippen LogP contribution in [0, 0.1) is 29.5 Å². The predicted octanol–water partition coefficient (Wildman–Crippen LogP) is 4.95. The van der Waals surface area contributed by atoms with Crippen molar-refractivity contribution in [3.63, 3.8) is 0 Å². The van der Waals surface area contributed by atoms with E-state index in [0.29, 0.717) is 72.4 Å². The summed E-state index contributed by atoms with van der Waals surface area (Å²) in [4.78, 5) is 18.1. The number of nitrogens with zero attached hydrogens (tertiary/aromatic N) is 5. The zero-order valence-electron chi connectivity index (χ0n) is 24.7. The van der Waals surface area contributed by atoms with Gasteiger partial charge in [-0.05, 0) is 67.3 Å². The number of halogens is 3. The molecule has 1 aliphatic carbocycles. The zero-order valence-corrected chi connectivity index (χ0v) is 24.7. The average Bonchev–Trinajstić information content (AvgIpc) is 3.54. The molecule has 4 aliphatic rings. The highest BCUT2D eigenvalue weighted by Crippen LogP contribution is 2.47. The number of hydrogen-bond donors (Lipinski definition) is 2. The summed E-state index contributed by atoms with van der Waals surface area (Å²) in [6.07, 6.45) is 9.54. The van der Waals surface area contributed by atoms with Crippen LogP contribution in [0.4, 0.5) is 19.0 Å². The van der Waals surface area contributed by atoms with E-state index in [1.54, 1.807) is 6.07 Å². The smallest absolute Gasteiger partial charge is 0.319 e. The molecule has 8 nitrogen and oxygen atoms in total. The van der Waals surface area contributed by atoms with Crippen LogP contribution in [-0.4, -0.2) is 82.5 Å². The molecule has 8 rings (SSSR count). The molecule has 45 heavy (non-hydrogen) atoms. The first-order chi connectivity index (χ1) is 21.8. The first-order valence-corrected chi connectivity index (χ1v) is 15.6. The van der Waals surface area contributed by atoms with Gasteiger partial charge in [0.2, 0.25) is 5.95 Å². The lowest BCUT2D eigenvalue weighted by atomic mass is 9.94. The van der Waals surface area contributed by atoms with Gasteiger partial charge in [0.15, 0.2) is 5.82 Å². The number of terminal acetylenes is 1. The van der Waals surface area contributed by atoms with Gasteiger partial charge in [-0.3, -0.25) is 4.90 Å². The standard InChI is InChI=1S/C34H33F3N6O2/c1-2-24-27(36)6-3-19-11-23(44)12-25(29(19)24)26-13-28-30(40-31(26)37)32(43-15-21-4-5-22(16-43)38-21)41-33(39-28)45-18-34(8-9-34)17-42-10-7-20(35)14-42/h1,3,6,11-13,20-22,38,44H,4-5,7-10,14-18H2/t20-,21?,22?/m1/s1. The summed E-state index contributed by atoms with van der Waals surface area (Å²) < 4.78 is 51.0. The molecule has 3 aliphatic heterocycles. The number of anilines is 1. The first kappa shape index (κ1) is 28.3. The topological polar surface area (TPSA) is 86.6 Å². The Bertz CT molecular complexity index is 1860. The Morgan fingerprint density at radius 3 is 2.53 bits per heavy atom. The third-order valence-corrected chi connectivity index (χ3v) is 9.83. The van der Waals surface area contributed by atoms with E-state index in [1.165, 1.54) is 24.3 Å². The van der Waals surface area contributed by atoms with Crippen molar-refractivity contribution in [1.82, 2.24) is 25.2 Å². The van der Waals surface area contributed by atoms with E-state index in [9.17, 15) is 13.9 Å². The van der Waals surface area contributed by atoms with Gasteiger partial charge >= 0.3 is 6.01 Å². The summed E-state index contributed by atoms with van der Waals surface area (Å²) in [5.74, 6) is 1.33. The van der Waals surface area contributed by atoms with Crippen LogP contribution in [0.5, 0.6) is 11.8 Å². The van der Waals surface area contributed by atoms with Gasteiger partial charge in [-0.1, -0.05) is 12.0 Å². The van der Waals surface area contributed by atoms with E-state index in [2.05, 4.69) is 26.0 Å². The van der Waals surface area contributed by atoms with Crippen molar-refractivity contribution in [3.05, 3.63) is 47.7 Å². The van der Waals surface area contributed by atoms with Crippen LogP contribution in [0.2, 0.25) is 0 Å². The number of rotatable bonds is 7. The molecule has 3 saturated heterocycles. The van der Waals surface area contributed by atoms with E-state index < -0.39 is 17.9 Å². The molecule has 11 heteroatoms. The van der Waals surface area contributed by atoms with Crippen LogP contribution in [-0.2, 0) is 0 Å². The summed E-state index contributed by atoms with van der Waals surface area (Å²) in [6.45, 7) is 3.75. The number of piperazine rings is 1. The van der Waals surface area contributed by atoms with Crippen LogP contribution >= 0.6 is 0 Å². The Labute approximate surface area is 258 Å². The summed E-state index contributed by atoms with van der Waals surface area (Å²) in [7, 11) is 0. The maximum absolute atomic E-state index is 16.1. The van der Waals surface area contributed by atoms with Crippen LogP contribution in [0.25, 0.3) is 32.9 Å². The molecule has 0 spiro atoms. The minimum atomic E-state index is -0.813. The van der Waals surface area contributed by atoms with Gasteiger partial charge in [0.05, 0.1) is 17.7 Å². The average molecular weight is 615 g/mol. The van der Waals surface area contributed by atoms with E-state index in [-0.39, 0.29) is 33.9 Å². The molecule has 0 radical (unpaired) electrons. The van der Waals surface area contributed by atoms with Gasteiger partial charge in [0.1, 0.15) is 23.3 Å². The molecule has 3 atom stereocenters. The van der Waals surface area contributed by atoms with Crippen molar-refractivity contribution in [2.45, 2.75) is 50.4 Å². The summed E-state index contributed by atoms with van der Waals surface area (Å²) in [6, 6.07) is 7.85. The Balaban J connectivity index is 1.22. The maximum Gasteiger partial charge on any atom is 0.319 e. The van der Waals surface area contributed by atoms with Gasteiger partial charge < -0.3 is 20.1 Å². The lowest BCUT2D eigenvalue weighted by Crippen LogP contribution is -2.51. The highest BCUT2D eigenvalue weighted by molar-refractivity contribution is 6.03. The van der Waals surface area contributed by atoms with Crippen LogP contribution in [0.15, 0.2) is 30.3 Å². The number of likely N-dealkylation sites (tertiary alicyclic amines) is 1. The molecule has 2 unspecified atom stereocenters. The second-order valence-corrected chi connectivity index (χ2v) is 13.1. The Morgan fingerprint density at radius 2 is 1.82 bits per heavy atom. The normalized spacial score (nSPS) is 24.0. The Hall–Kier alpha value is -4.14. The minimum absolute atomic E-state index is 0.0231. The van der Waals surface area contributed by atoms with E-state index in [1.807, 2.05) is 0 Å². The number of phenolic OH excluding ortho intramolecular Hbond substituents is 1. The second-order valence-electron chi connectivity index (χ2n) is 13.1. The largest absolute Gasteiger partial charge is 0.508 e. The molecule has 2 aromatic carbocycles. The number of hydrogen-bond acceptors (Lipinski definition) is 8. The fourth-order valence-electron chi connectivity index (χ4n) is 7.37. The number of aromatic nitrogens is 3. The molecule has 4 aromatic rings. The minimum Gasteiger partial charge on any atom is -0.508 e. The molecule has 5 heterocycles. The molecule has 2 N–H and O–H groups in total. The van der Waals surface area contributed by atoms with Gasteiger partial charge in [0, 0.05) is 61.2 Å². The highest BCUT2D eigenvalue weighted by atomic mass is 19.1. The van der Waals surface area contributed by atoms with Crippen LogP contribution in [0.1, 0.15) is 37.7 Å². The first-order valence-electron chi connectivity index (χ1n) is 15.6. The molecule has 2 aromatic heterocycles. The van der Waals surface area contributed by atoms with E-state index in [0.717, 1.165) is 38.8 Å². The van der Waals surface area contributed by atoms with Crippen LogP contribution < -0.4 is 15.0 Å². The van der Waals surface area contributed by atoms with Crippen LogP contribution in [0.3, 0.4) is 0 Å². The lowest BCUT2D eigenvalue weighted by Gasteiger charge is -2.34. The molecule has 2 bridgehead atoms. The highest BCUT2D eigenvalue weighted by Gasteiger charge is 2.46. The predicted molar refractivity (Wildman–Crippen MR) is 165 cm³/mol. The number of benzene rings is 2. The fraction of sp³-hybridized carbons (Fsp3) is 0.441. The van der Waals surface area contributed by atoms with Gasteiger partial charge in [-0.15, -0.1) is 6.42 Å². The van der Waals surface area contributed by atoms with Crippen molar-refractivity contribution in [3.8, 4) is 35.2 Å². The third-order valence-electron chi connectivity index (χ3n) is 9.83. The molecular formula is C34H33F3N6O2. The van der Waals surface area contributed by atoms with E-state index >= 15 is 4.39 Å². The summed E-state index contributed by atoms with van der Waals surface area (Å²) in [5.41, 5.74) is 0.786. The van der Waals surface area contributed by atoms with Gasteiger partial charge in [0.25, 0.3) is 0 Å². The number of alkyl halides is 1. The van der Waals surface area contributed by atoms with Gasteiger partial charge in [-0.2, -0.15) is 14.4 Å². The number of pyridine rings is 1. The Morgan fingerprint density at radius 1 is 1.02 bits per heavy atom. The van der Waals surface area contributed by atoms with Crippen molar-refractivity contribution in [2.24, 2.45) is 5.41 Å². The summed E-state index contributed by atoms with van der Waals surface area (Å²) in [5, 5.41) is 14.9. The molecule has 1 saturated carbocycles. The van der Waals surface area contributed by atoms with E-state index in [4.69, 9.17) is 21.1 Å². The SMILES string of the molecule is C#Cc1c(F)ccc2cc(O)cc(-c3cc4nc(OCC5(CN6CC[C@@H](F)C6)CC5)nc(N5CC6CCC(C5)N6)c4nc3F)c12. The quantitative estimate of drug-likeness (QED) is 0.224.